The zero-order valence-electron chi connectivity index (χ0n) is 13.4. The third kappa shape index (κ3) is 3.61. The van der Waals surface area contributed by atoms with Crippen LogP contribution in [0, 0.1) is 12.3 Å². The van der Waals surface area contributed by atoms with Gasteiger partial charge in [-0.25, -0.2) is 4.98 Å². The lowest BCUT2D eigenvalue weighted by atomic mass is 9.82. The molecule has 0 bridgehead atoms. The van der Waals surface area contributed by atoms with Crippen LogP contribution in [0.2, 0.25) is 0 Å². The van der Waals surface area contributed by atoms with Crippen molar-refractivity contribution in [1.82, 2.24) is 10.3 Å². The Morgan fingerprint density at radius 1 is 1.35 bits per heavy atom. The van der Waals surface area contributed by atoms with Crippen LogP contribution in [0.3, 0.4) is 0 Å². The summed E-state index contributed by atoms with van der Waals surface area (Å²) in [6.45, 7) is 5.54. The molecule has 0 aliphatic rings. The maximum absolute atomic E-state index is 12.2. The van der Waals surface area contributed by atoms with Crippen LogP contribution in [0.15, 0.2) is 21.9 Å². The second-order valence-corrected chi connectivity index (χ2v) is 6.28. The molecule has 0 aliphatic heterocycles. The highest BCUT2D eigenvalue weighted by atomic mass is 32.1. The Labute approximate surface area is 138 Å². The van der Waals surface area contributed by atoms with Crippen molar-refractivity contribution in [1.29, 1.82) is 0 Å². The maximum Gasteiger partial charge on any atom is 0.311 e. The highest BCUT2D eigenvalue weighted by Gasteiger charge is 2.35. The molecule has 2 aromatic rings. The van der Waals surface area contributed by atoms with Crippen molar-refractivity contribution in [2.24, 2.45) is 5.41 Å². The van der Waals surface area contributed by atoms with Crippen LogP contribution in [0.1, 0.15) is 42.9 Å². The van der Waals surface area contributed by atoms with Crippen molar-refractivity contribution < 1.29 is 19.1 Å². The fourth-order valence-corrected chi connectivity index (χ4v) is 3.02. The summed E-state index contributed by atoms with van der Waals surface area (Å²) in [4.78, 5) is 27.9. The molecule has 0 spiro atoms. The number of hydrogen-bond donors (Lipinski definition) is 2. The van der Waals surface area contributed by atoms with E-state index in [9.17, 15) is 14.7 Å². The largest absolute Gasteiger partial charge is 0.481 e. The van der Waals surface area contributed by atoms with Gasteiger partial charge in [0.15, 0.2) is 10.8 Å². The first-order chi connectivity index (χ1) is 10.9. The van der Waals surface area contributed by atoms with Gasteiger partial charge in [-0.1, -0.05) is 13.8 Å². The van der Waals surface area contributed by atoms with Gasteiger partial charge in [-0.2, -0.15) is 0 Å². The zero-order chi connectivity index (χ0) is 17.0. The summed E-state index contributed by atoms with van der Waals surface area (Å²) in [5.41, 5.74) is -0.669. The molecule has 6 nitrogen and oxygen atoms in total. The summed E-state index contributed by atoms with van der Waals surface area (Å²) in [7, 11) is 0. The minimum absolute atomic E-state index is 0.0842. The number of carboxylic acids is 1. The van der Waals surface area contributed by atoms with Gasteiger partial charge in [-0.05, 0) is 31.9 Å². The number of thiazole rings is 1. The molecule has 0 unspecified atom stereocenters. The van der Waals surface area contributed by atoms with E-state index in [1.54, 1.807) is 11.4 Å². The predicted octanol–water partition coefficient (Wildman–Crippen LogP) is 3.33. The van der Waals surface area contributed by atoms with Gasteiger partial charge in [0.1, 0.15) is 11.5 Å². The number of carboxylic acid groups (broad SMARTS) is 1. The van der Waals surface area contributed by atoms with E-state index in [1.807, 2.05) is 26.8 Å². The number of rotatable bonds is 7. The lowest BCUT2D eigenvalue weighted by Gasteiger charge is -2.26. The molecule has 0 aliphatic carbocycles. The minimum atomic E-state index is -0.938. The van der Waals surface area contributed by atoms with E-state index in [1.165, 1.54) is 11.3 Å². The Bertz CT molecular complexity index is 701. The van der Waals surface area contributed by atoms with Crippen molar-refractivity contribution in [3.8, 4) is 10.8 Å². The highest BCUT2D eigenvalue weighted by molar-refractivity contribution is 7.13. The molecule has 0 fully saturated rings. The molecule has 0 radical (unpaired) electrons. The molecular weight excluding hydrogens is 316 g/mol. The standard InChI is InChI=1S/C16H20N2O4S/c1-4-16(5-2,15(20)21)9-17-13(19)11-8-23-14(18-11)12-7-6-10(3)22-12/h6-8H,4-5,9H2,1-3H3,(H,17,19)(H,20,21). The van der Waals surface area contributed by atoms with E-state index < -0.39 is 11.4 Å². The van der Waals surface area contributed by atoms with Crippen LogP contribution < -0.4 is 5.32 Å². The first-order valence-corrected chi connectivity index (χ1v) is 8.33. The van der Waals surface area contributed by atoms with Crippen molar-refractivity contribution in [2.75, 3.05) is 6.54 Å². The highest BCUT2D eigenvalue weighted by Crippen LogP contribution is 2.27. The first kappa shape index (κ1) is 17.2. The minimum Gasteiger partial charge on any atom is -0.481 e. The quantitative estimate of drug-likeness (QED) is 0.809. The van der Waals surface area contributed by atoms with E-state index >= 15 is 0 Å². The van der Waals surface area contributed by atoms with Crippen molar-refractivity contribution in [3.05, 3.63) is 29.0 Å². The molecule has 2 N–H and O–H groups in total. The fourth-order valence-electron chi connectivity index (χ4n) is 2.26. The van der Waals surface area contributed by atoms with Crippen LogP contribution >= 0.6 is 11.3 Å². The van der Waals surface area contributed by atoms with Crippen molar-refractivity contribution >= 4 is 23.2 Å². The van der Waals surface area contributed by atoms with E-state index in [0.717, 1.165) is 5.76 Å². The Morgan fingerprint density at radius 2 is 2.04 bits per heavy atom. The molecule has 23 heavy (non-hydrogen) atoms. The topological polar surface area (TPSA) is 92.4 Å². The van der Waals surface area contributed by atoms with Crippen LogP contribution in [0.5, 0.6) is 0 Å². The second kappa shape index (κ2) is 6.95. The lowest BCUT2D eigenvalue weighted by molar-refractivity contribution is -0.149. The fraction of sp³-hybridized carbons (Fsp3) is 0.438. The van der Waals surface area contributed by atoms with Gasteiger partial charge >= 0.3 is 5.97 Å². The second-order valence-electron chi connectivity index (χ2n) is 5.42. The Hall–Kier alpha value is -2.15. The van der Waals surface area contributed by atoms with Gasteiger partial charge in [0.05, 0.1) is 5.41 Å². The van der Waals surface area contributed by atoms with Crippen LogP contribution in [-0.4, -0.2) is 28.5 Å². The predicted molar refractivity (Wildman–Crippen MR) is 87.5 cm³/mol. The van der Waals surface area contributed by atoms with Crippen LogP contribution in [-0.2, 0) is 4.79 Å². The third-order valence-electron chi connectivity index (χ3n) is 4.08. The third-order valence-corrected chi connectivity index (χ3v) is 4.94. The molecular formula is C16H20N2O4S. The van der Waals surface area contributed by atoms with Gasteiger partial charge < -0.3 is 14.8 Å². The van der Waals surface area contributed by atoms with E-state index in [4.69, 9.17) is 4.42 Å². The molecule has 7 heteroatoms. The van der Waals surface area contributed by atoms with E-state index in [-0.39, 0.29) is 18.1 Å². The number of carbonyl (C=O) groups excluding carboxylic acids is 1. The molecule has 2 heterocycles. The molecule has 1 amide bonds. The smallest absolute Gasteiger partial charge is 0.311 e. The normalized spacial score (nSPS) is 11.4. The van der Waals surface area contributed by atoms with Gasteiger partial charge in [0.25, 0.3) is 5.91 Å². The molecule has 0 saturated heterocycles. The number of aryl methyl sites for hydroxylation is 1. The SMILES string of the molecule is CCC(CC)(CNC(=O)c1csc(-c2ccc(C)o2)n1)C(=O)O. The van der Waals surface area contributed by atoms with Gasteiger partial charge in [0.2, 0.25) is 0 Å². The number of nitrogens with zero attached hydrogens (tertiary/aromatic N) is 1. The molecule has 0 saturated carbocycles. The monoisotopic (exact) mass is 336 g/mol. The number of aromatic nitrogens is 1. The summed E-state index contributed by atoms with van der Waals surface area (Å²) in [5, 5.41) is 14.3. The zero-order valence-corrected chi connectivity index (χ0v) is 14.2. The Morgan fingerprint density at radius 3 is 2.57 bits per heavy atom. The Kier molecular flexibility index (Phi) is 5.20. The average Bonchev–Trinajstić information content (AvgIpc) is 3.17. The number of hydrogen-bond acceptors (Lipinski definition) is 5. The summed E-state index contributed by atoms with van der Waals surface area (Å²) in [6.07, 6.45) is 0.903. The van der Waals surface area contributed by atoms with E-state index in [2.05, 4.69) is 10.3 Å². The number of amides is 1. The molecule has 2 aromatic heterocycles. The summed E-state index contributed by atoms with van der Waals surface area (Å²) >= 11 is 1.31. The molecule has 2 rings (SSSR count). The van der Waals surface area contributed by atoms with Crippen LogP contribution in [0.25, 0.3) is 10.8 Å². The van der Waals surface area contributed by atoms with E-state index in [0.29, 0.717) is 23.6 Å². The number of carbonyl (C=O) groups is 2. The lowest BCUT2D eigenvalue weighted by Crippen LogP contribution is -2.42. The van der Waals surface area contributed by atoms with Gasteiger partial charge in [-0.3, -0.25) is 9.59 Å². The van der Waals surface area contributed by atoms with Crippen molar-refractivity contribution in [3.63, 3.8) is 0 Å². The summed E-state index contributed by atoms with van der Waals surface area (Å²) < 4.78 is 5.48. The van der Waals surface area contributed by atoms with Crippen molar-refractivity contribution in [2.45, 2.75) is 33.6 Å². The molecule has 0 aromatic carbocycles. The maximum atomic E-state index is 12.2. The number of nitrogens with one attached hydrogen (secondary N) is 1. The Balaban J connectivity index is 2.07. The molecule has 124 valence electrons. The van der Waals surface area contributed by atoms with Gasteiger partial charge in [-0.15, -0.1) is 11.3 Å². The van der Waals surface area contributed by atoms with Crippen LogP contribution in [0.4, 0.5) is 0 Å². The first-order valence-electron chi connectivity index (χ1n) is 7.45. The number of furan rings is 1. The summed E-state index contributed by atoms with van der Waals surface area (Å²) in [6, 6.07) is 3.64. The number of aliphatic carboxylic acids is 1. The van der Waals surface area contributed by atoms with Gasteiger partial charge in [0, 0.05) is 11.9 Å². The average molecular weight is 336 g/mol. The molecule has 0 atom stereocenters. The summed E-state index contributed by atoms with van der Waals surface area (Å²) in [5.74, 6) is 0.128.